The summed E-state index contributed by atoms with van der Waals surface area (Å²) < 4.78 is 4.88. The van der Waals surface area contributed by atoms with E-state index in [9.17, 15) is 4.79 Å². The van der Waals surface area contributed by atoms with Crippen LogP contribution < -0.4 is 5.32 Å². The van der Waals surface area contributed by atoms with Gasteiger partial charge in [-0.05, 0) is 26.4 Å². The molecular weight excluding hydrogens is 239 g/mol. The number of esters is 1. The molecule has 1 fully saturated rings. The second-order valence-electron chi connectivity index (χ2n) is 3.18. The molecule has 0 atom stereocenters. The Bertz CT molecular complexity index is 162. The number of carbonyl (C=O) groups is 1. The van der Waals surface area contributed by atoms with Crippen LogP contribution in [0.5, 0.6) is 0 Å². The number of ether oxygens (including phenoxy) is 1. The third-order valence-corrected chi connectivity index (χ3v) is 2.09. The minimum Gasteiger partial charge on any atom is -0.465 e. The van der Waals surface area contributed by atoms with Crippen molar-refractivity contribution in [3.8, 4) is 0 Å². The minimum absolute atomic E-state index is 0. The summed E-state index contributed by atoms with van der Waals surface area (Å²) in [5.41, 5.74) is 0. The number of carbonyl (C=O) groups excluding carboxylic acids is 1. The normalized spacial score (nSPS) is 16.9. The van der Waals surface area contributed by atoms with Gasteiger partial charge in [0.15, 0.2) is 0 Å². The molecule has 0 aromatic carbocycles. The Hall–Kier alpha value is -0.0300. The minimum atomic E-state index is -0.107. The lowest BCUT2D eigenvalue weighted by Crippen LogP contribution is -2.33. The highest BCUT2D eigenvalue weighted by Gasteiger charge is 2.12. The summed E-state index contributed by atoms with van der Waals surface area (Å²) in [6, 6.07) is 0. The van der Waals surface area contributed by atoms with Crippen molar-refractivity contribution in [2.75, 3.05) is 39.3 Å². The van der Waals surface area contributed by atoms with Gasteiger partial charge >= 0.3 is 5.97 Å². The maximum atomic E-state index is 11.1. The first kappa shape index (κ1) is 17.4. The van der Waals surface area contributed by atoms with E-state index in [0.717, 1.165) is 32.6 Å². The lowest BCUT2D eigenvalue weighted by molar-refractivity contribution is -0.144. The van der Waals surface area contributed by atoms with Crippen LogP contribution in [0.3, 0.4) is 0 Å². The van der Waals surface area contributed by atoms with Crippen LogP contribution in [0.2, 0.25) is 0 Å². The monoisotopic (exact) mass is 258 g/mol. The van der Waals surface area contributed by atoms with E-state index in [0.29, 0.717) is 13.2 Å². The Morgan fingerprint density at radius 3 is 2.73 bits per heavy atom. The predicted molar refractivity (Wildman–Crippen MR) is 65.1 cm³/mol. The van der Waals surface area contributed by atoms with E-state index >= 15 is 0 Å². The Morgan fingerprint density at radius 2 is 2.07 bits per heavy atom. The SMILES string of the molecule is CCOC(=O)CN1CCCNCC1.Cl.Cl. The van der Waals surface area contributed by atoms with Gasteiger partial charge in [0.1, 0.15) is 0 Å². The topological polar surface area (TPSA) is 41.6 Å². The molecule has 1 N–H and O–H groups in total. The van der Waals surface area contributed by atoms with Gasteiger partial charge in [-0.25, -0.2) is 0 Å². The van der Waals surface area contributed by atoms with E-state index in [4.69, 9.17) is 4.74 Å². The second kappa shape index (κ2) is 10.5. The van der Waals surface area contributed by atoms with Crippen LogP contribution in [-0.4, -0.2) is 50.2 Å². The van der Waals surface area contributed by atoms with Crippen molar-refractivity contribution in [3.63, 3.8) is 0 Å². The van der Waals surface area contributed by atoms with Gasteiger partial charge in [-0.3, -0.25) is 9.69 Å². The average molecular weight is 259 g/mol. The van der Waals surface area contributed by atoms with E-state index in [1.165, 1.54) is 0 Å². The van der Waals surface area contributed by atoms with E-state index in [1.54, 1.807) is 0 Å². The molecule has 0 saturated carbocycles. The third-order valence-electron chi connectivity index (χ3n) is 2.09. The van der Waals surface area contributed by atoms with Crippen LogP contribution in [-0.2, 0) is 9.53 Å². The van der Waals surface area contributed by atoms with E-state index in [1.807, 2.05) is 6.92 Å². The number of rotatable bonds is 3. The van der Waals surface area contributed by atoms with Crippen molar-refractivity contribution in [2.45, 2.75) is 13.3 Å². The summed E-state index contributed by atoms with van der Waals surface area (Å²) in [6.07, 6.45) is 1.11. The maximum Gasteiger partial charge on any atom is 0.320 e. The number of hydrogen-bond acceptors (Lipinski definition) is 4. The fraction of sp³-hybridized carbons (Fsp3) is 0.889. The highest BCUT2D eigenvalue weighted by atomic mass is 35.5. The van der Waals surface area contributed by atoms with Crippen molar-refractivity contribution in [2.24, 2.45) is 0 Å². The number of nitrogens with zero attached hydrogens (tertiary/aromatic N) is 1. The van der Waals surface area contributed by atoms with E-state index < -0.39 is 0 Å². The zero-order valence-electron chi connectivity index (χ0n) is 9.03. The molecule has 1 rings (SSSR count). The van der Waals surface area contributed by atoms with Gasteiger partial charge in [0, 0.05) is 13.1 Å². The zero-order valence-corrected chi connectivity index (χ0v) is 10.7. The first-order valence-electron chi connectivity index (χ1n) is 4.91. The van der Waals surface area contributed by atoms with Crippen molar-refractivity contribution in [1.82, 2.24) is 10.2 Å². The first-order valence-corrected chi connectivity index (χ1v) is 4.91. The predicted octanol–water partition coefficient (Wildman–Crippen LogP) is 0.688. The lowest BCUT2D eigenvalue weighted by Gasteiger charge is -2.17. The van der Waals surface area contributed by atoms with Crippen LogP contribution in [0.1, 0.15) is 13.3 Å². The smallest absolute Gasteiger partial charge is 0.320 e. The fourth-order valence-corrected chi connectivity index (χ4v) is 1.45. The molecule has 0 aliphatic carbocycles. The summed E-state index contributed by atoms with van der Waals surface area (Å²) >= 11 is 0. The van der Waals surface area contributed by atoms with Gasteiger partial charge in [-0.1, -0.05) is 0 Å². The molecule has 0 aromatic heterocycles. The van der Waals surface area contributed by atoms with Crippen LogP contribution in [0.4, 0.5) is 0 Å². The van der Waals surface area contributed by atoms with Crippen molar-refractivity contribution in [3.05, 3.63) is 0 Å². The molecule has 0 bridgehead atoms. The van der Waals surface area contributed by atoms with Gasteiger partial charge in [0.25, 0.3) is 0 Å². The second-order valence-corrected chi connectivity index (χ2v) is 3.18. The standard InChI is InChI=1S/C9H18N2O2.2ClH/c1-2-13-9(12)8-11-6-3-4-10-5-7-11;;/h10H,2-8H2,1H3;2*1H. The van der Waals surface area contributed by atoms with Crippen LogP contribution in [0.15, 0.2) is 0 Å². The molecule has 15 heavy (non-hydrogen) atoms. The van der Waals surface area contributed by atoms with Gasteiger partial charge < -0.3 is 10.1 Å². The molecule has 92 valence electrons. The Balaban J connectivity index is 0. The van der Waals surface area contributed by atoms with Crippen molar-refractivity contribution in [1.29, 1.82) is 0 Å². The molecule has 6 heteroatoms. The summed E-state index contributed by atoms with van der Waals surface area (Å²) in [7, 11) is 0. The first-order chi connectivity index (χ1) is 6.33. The molecule has 1 aliphatic rings. The fourth-order valence-electron chi connectivity index (χ4n) is 1.45. The highest BCUT2D eigenvalue weighted by Crippen LogP contribution is 1.95. The molecule has 0 amide bonds. The number of nitrogens with one attached hydrogen (secondary N) is 1. The summed E-state index contributed by atoms with van der Waals surface area (Å²) in [4.78, 5) is 13.3. The summed E-state index contributed by atoms with van der Waals surface area (Å²) in [5.74, 6) is -0.107. The van der Waals surface area contributed by atoms with Crippen molar-refractivity contribution < 1.29 is 9.53 Å². The largest absolute Gasteiger partial charge is 0.465 e. The Kier molecular flexibility index (Phi) is 12.1. The quantitative estimate of drug-likeness (QED) is 0.757. The number of halogens is 2. The molecule has 0 radical (unpaired) electrons. The van der Waals surface area contributed by atoms with Gasteiger partial charge in [0.05, 0.1) is 13.2 Å². The van der Waals surface area contributed by atoms with Crippen molar-refractivity contribution >= 4 is 30.8 Å². The molecule has 1 saturated heterocycles. The Labute approximate surface area is 104 Å². The zero-order chi connectivity index (χ0) is 9.52. The third kappa shape index (κ3) is 7.85. The molecule has 1 heterocycles. The molecule has 0 unspecified atom stereocenters. The molecule has 0 aromatic rings. The van der Waals surface area contributed by atoms with Crippen LogP contribution in [0, 0.1) is 0 Å². The average Bonchev–Trinajstić information content (AvgIpc) is 2.33. The van der Waals surface area contributed by atoms with Gasteiger partial charge in [-0.2, -0.15) is 0 Å². The maximum absolute atomic E-state index is 11.1. The van der Waals surface area contributed by atoms with E-state index in [-0.39, 0.29) is 30.8 Å². The molecule has 1 aliphatic heterocycles. The Morgan fingerprint density at radius 1 is 1.33 bits per heavy atom. The van der Waals surface area contributed by atoms with Gasteiger partial charge in [0.2, 0.25) is 0 Å². The van der Waals surface area contributed by atoms with Gasteiger partial charge in [-0.15, -0.1) is 24.8 Å². The van der Waals surface area contributed by atoms with Crippen LogP contribution >= 0.6 is 24.8 Å². The van der Waals surface area contributed by atoms with Crippen LogP contribution in [0.25, 0.3) is 0 Å². The van der Waals surface area contributed by atoms with E-state index in [2.05, 4.69) is 10.2 Å². The summed E-state index contributed by atoms with van der Waals surface area (Å²) in [5, 5.41) is 3.29. The molecule has 0 spiro atoms. The summed E-state index contributed by atoms with van der Waals surface area (Å²) in [6.45, 7) is 6.71. The number of hydrogen-bond donors (Lipinski definition) is 1. The lowest BCUT2D eigenvalue weighted by atomic mass is 10.4. The molecule has 4 nitrogen and oxygen atoms in total. The highest BCUT2D eigenvalue weighted by molar-refractivity contribution is 5.85. The molecular formula is C9H20Cl2N2O2.